The minimum Gasteiger partial charge on any atom is -0.392 e. The van der Waals surface area contributed by atoms with Gasteiger partial charge in [0.1, 0.15) is 0 Å². The Morgan fingerprint density at radius 3 is 2.50 bits per heavy atom. The highest BCUT2D eigenvalue weighted by Gasteiger charge is 2.47. The smallest absolute Gasteiger partial charge is 0.298 e. The second-order valence-electron chi connectivity index (χ2n) is 4.59. The lowest BCUT2D eigenvalue weighted by Gasteiger charge is -2.39. The van der Waals surface area contributed by atoms with E-state index in [0.717, 1.165) is 5.56 Å². The average Bonchev–Trinajstić information content (AvgIpc) is 2.39. The molecule has 0 radical (unpaired) electrons. The Kier molecular flexibility index (Phi) is 5.67. The van der Waals surface area contributed by atoms with Gasteiger partial charge in [-0.25, -0.2) is 0 Å². The van der Waals surface area contributed by atoms with E-state index in [1.807, 2.05) is 35.2 Å². The predicted molar refractivity (Wildman–Crippen MR) is 75.8 cm³/mol. The summed E-state index contributed by atoms with van der Waals surface area (Å²) in [6, 6.07) is 9.57. The van der Waals surface area contributed by atoms with Crippen molar-refractivity contribution in [3.8, 4) is 0 Å². The number of nitrogens with zero attached hydrogens (tertiary/aromatic N) is 1. The molecule has 1 aromatic rings. The van der Waals surface area contributed by atoms with Crippen LogP contribution in [0, 0.1) is 0 Å². The van der Waals surface area contributed by atoms with E-state index < -0.39 is 21.7 Å². The van der Waals surface area contributed by atoms with E-state index in [-0.39, 0.29) is 20.6 Å². The van der Waals surface area contributed by atoms with E-state index in [1.54, 1.807) is 0 Å². The summed E-state index contributed by atoms with van der Waals surface area (Å²) in [7, 11) is -4.48. The lowest BCUT2D eigenvalue weighted by molar-refractivity contribution is -0.0873. The summed E-state index contributed by atoms with van der Waals surface area (Å²) in [5.74, 6) is 0. The first-order chi connectivity index (χ1) is 8.97. The zero-order valence-corrected chi connectivity index (χ0v) is 11.2. The number of aliphatic hydroxyl groups is 1. The number of ether oxygens (including phenoxy) is 1. The first kappa shape index (κ1) is 17.1. The third-order valence-corrected chi connectivity index (χ3v) is 4.51. The van der Waals surface area contributed by atoms with Crippen molar-refractivity contribution < 1.29 is 22.8 Å². The highest BCUT2D eigenvalue weighted by molar-refractivity contribution is 7.87. The highest BCUT2D eigenvalue weighted by Crippen LogP contribution is 2.24. The number of morpholine rings is 1. The molecule has 20 heavy (non-hydrogen) atoms. The van der Waals surface area contributed by atoms with Gasteiger partial charge in [0.05, 0.1) is 13.2 Å². The molecule has 0 aliphatic carbocycles. The molecule has 1 atom stereocenters. The molecule has 1 aromatic carbocycles. The van der Waals surface area contributed by atoms with E-state index in [2.05, 4.69) is 0 Å². The number of rotatable bonds is 4. The SMILES string of the molecule is C.O=S(=O)(O)C1(CO)CN(Cc2ccccc2)CCO1. The fraction of sp³-hybridized carbons (Fsp3) is 0.538. The van der Waals surface area contributed by atoms with Crippen LogP contribution in [0.3, 0.4) is 0 Å². The third kappa shape index (κ3) is 3.56. The van der Waals surface area contributed by atoms with Gasteiger partial charge >= 0.3 is 0 Å². The molecule has 0 aromatic heterocycles. The molecule has 0 saturated carbocycles. The van der Waals surface area contributed by atoms with Crippen molar-refractivity contribution in [1.29, 1.82) is 0 Å². The van der Waals surface area contributed by atoms with Gasteiger partial charge in [0, 0.05) is 19.6 Å². The van der Waals surface area contributed by atoms with Gasteiger partial charge in [-0.15, -0.1) is 0 Å². The average molecular weight is 303 g/mol. The van der Waals surface area contributed by atoms with Crippen LogP contribution in [0.4, 0.5) is 0 Å². The van der Waals surface area contributed by atoms with Crippen molar-refractivity contribution in [2.24, 2.45) is 0 Å². The zero-order chi connectivity index (χ0) is 13.9. The van der Waals surface area contributed by atoms with Crippen LogP contribution >= 0.6 is 0 Å². The Balaban J connectivity index is 0.00000200. The fourth-order valence-corrected chi connectivity index (χ4v) is 2.88. The van der Waals surface area contributed by atoms with Crippen molar-refractivity contribution in [3.63, 3.8) is 0 Å². The van der Waals surface area contributed by atoms with Crippen molar-refractivity contribution in [2.75, 3.05) is 26.3 Å². The molecule has 114 valence electrons. The maximum atomic E-state index is 11.4. The summed E-state index contributed by atoms with van der Waals surface area (Å²) in [4.78, 5) is -0.0944. The number of benzene rings is 1. The molecule has 1 saturated heterocycles. The van der Waals surface area contributed by atoms with Crippen LogP contribution in [-0.4, -0.2) is 54.2 Å². The van der Waals surface area contributed by atoms with Crippen LogP contribution in [0.1, 0.15) is 13.0 Å². The van der Waals surface area contributed by atoms with E-state index in [1.165, 1.54) is 0 Å². The first-order valence-electron chi connectivity index (χ1n) is 5.95. The maximum absolute atomic E-state index is 11.4. The Hall–Kier alpha value is -0.990. The molecule has 1 aliphatic rings. The minimum absolute atomic E-state index is 0. The molecular weight excluding hydrogens is 282 g/mol. The Morgan fingerprint density at radius 2 is 1.95 bits per heavy atom. The monoisotopic (exact) mass is 303 g/mol. The van der Waals surface area contributed by atoms with Crippen LogP contribution < -0.4 is 0 Å². The number of hydrogen-bond acceptors (Lipinski definition) is 5. The normalized spacial score (nSPS) is 24.1. The molecule has 1 heterocycles. The number of hydrogen-bond donors (Lipinski definition) is 2. The molecule has 1 unspecified atom stereocenters. The molecule has 1 fully saturated rings. The fourth-order valence-electron chi connectivity index (χ4n) is 2.14. The van der Waals surface area contributed by atoms with Crippen molar-refractivity contribution in [1.82, 2.24) is 4.90 Å². The molecule has 0 bridgehead atoms. The van der Waals surface area contributed by atoms with Gasteiger partial charge in [0.2, 0.25) is 4.93 Å². The van der Waals surface area contributed by atoms with Crippen LogP contribution in [0.15, 0.2) is 30.3 Å². The van der Waals surface area contributed by atoms with Crippen LogP contribution in [0.5, 0.6) is 0 Å². The summed E-state index contributed by atoms with van der Waals surface area (Å²) < 4.78 is 37.1. The third-order valence-electron chi connectivity index (χ3n) is 3.20. The summed E-state index contributed by atoms with van der Waals surface area (Å²) in [6.07, 6.45) is 0. The van der Waals surface area contributed by atoms with Crippen LogP contribution in [0.25, 0.3) is 0 Å². The molecule has 1 aliphatic heterocycles. The Labute approximate surface area is 119 Å². The topological polar surface area (TPSA) is 87.1 Å². The standard InChI is InChI=1S/C12H17NO5S.CH4/c14-10-12(19(15,16)17)9-13(6-7-18-12)8-11-4-2-1-3-5-11;/h1-5,14H,6-10H2,(H,15,16,17);1H4. The lowest BCUT2D eigenvalue weighted by atomic mass is 10.2. The maximum Gasteiger partial charge on any atom is 0.298 e. The number of aliphatic hydroxyl groups excluding tert-OH is 1. The molecule has 2 rings (SSSR count). The van der Waals surface area contributed by atoms with Gasteiger partial charge in [-0.05, 0) is 5.56 Å². The Bertz CT molecular complexity index is 519. The first-order valence-corrected chi connectivity index (χ1v) is 7.39. The summed E-state index contributed by atoms with van der Waals surface area (Å²) in [6.45, 7) is 0.412. The van der Waals surface area contributed by atoms with Gasteiger partial charge in [-0.2, -0.15) is 8.42 Å². The predicted octanol–water partition coefficient (Wildman–Crippen LogP) is 0.731. The zero-order valence-electron chi connectivity index (χ0n) is 10.4. The molecule has 2 N–H and O–H groups in total. The van der Waals surface area contributed by atoms with Crippen molar-refractivity contribution >= 4 is 10.1 Å². The van der Waals surface area contributed by atoms with Gasteiger partial charge < -0.3 is 9.84 Å². The quantitative estimate of drug-likeness (QED) is 0.798. The second-order valence-corrected chi connectivity index (χ2v) is 6.28. The molecule has 6 nitrogen and oxygen atoms in total. The highest BCUT2D eigenvalue weighted by atomic mass is 32.2. The second kappa shape index (κ2) is 6.64. The van der Waals surface area contributed by atoms with Gasteiger partial charge in [-0.1, -0.05) is 37.8 Å². The molecule has 0 spiro atoms. The van der Waals surface area contributed by atoms with Gasteiger partial charge in [0.15, 0.2) is 0 Å². The van der Waals surface area contributed by atoms with E-state index >= 15 is 0 Å². The van der Waals surface area contributed by atoms with Crippen LogP contribution in [0.2, 0.25) is 0 Å². The summed E-state index contributed by atoms with van der Waals surface area (Å²) >= 11 is 0. The van der Waals surface area contributed by atoms with Gasteiger partial charge in [0.25, 0.3) is 10.1 Å². The van der Waals surface area contributed by atoms with Crippen LogP contribution in [-0.2, 0) is 21.4 Å². The van der Waals surface area contributed by atoms with E-state index in [4.69, 9.17) is 4.74 Å². The lowest BCUT2D eigenvalue weighted by Crippen LogP contribution is -2.58. The van der Waals surface area contributed by atoms with Crippen molar-refractivity contribution in [3.05, 3.63) is 35.9 Å². The van der Waals surface area contributed by atoms with E-state index in [9.17, 15) is 18.1 Å². The summed E-state index contributed by atoms with van der Waals surface area (Å²) in [5.41, 5.74) is 1.03. The Morgan fingerprint density at radius 1 is 1.30 bits per heavy atom. The van der Waals surface area contributed by atoms with Crippen molar-refractivity contribution in [2.45, 2.75) is 18.9 Å². The molecule has 7 heteroatoms. The summed E-state index contributed by atoms with van der Waals surface area (Å²) in [5, 5.41) is 9.27. The molecule has 0 amide bonds. The van der Waals surface area contributed by atoms with E-state index in [0.29, 0.717) is 13.1 Å². The van der Waals surface area contributed by atoms with Gasteiger partial charge in [-0.3, -0.25) is 9.45 Å². The minimum atomic E-state index is -4.48. The molecular formula is C13H21NO5S. The largest absolute Gasteiger partial charge is 0.392 e.